The quantitative estimate of drug-likeness (QED) is 0.793. The monoisotopic (exact) mass is 369 g/mol. The van der Waals surface area contributed by atoms with Gasteiger partial charge in [-0.3, -0.25) is 9.59 Å². The Labute approximate surface area is 147 Å². The minimum absolute atomic E-state index is 0.0643. The molecule has 0 fully saturated rings. The van der Waals surface area contributed by atoms with Crippen molar-refractivity contribution in [2.45, 2.75) is 6.42 Å². The van der Waals surface area contributed by atoms with E-state index in [1.54, 1.807) is 0 Å². The van der Waals surface area contributed by atoms with Gasteiger partial charge in [-0.25, -0.2) is 8.78 Å². The van der Waals surface area contributed by atoms with Crippen LogP contribution in [0.1, 0.15) is 5.56 Å². The highest BCUT2D eigenvalue weighted by molar-refractivity contribution is 6.31. The van der Waals surface area contributed by atoms with Gasteiger partial charge >= 0.3 is 5.97 Å². The van der Waals surface area contributed by atoms with Crippen LogP contribution in [0.3, 0.4) is 0 Å². The number of esters is 1. The van der Waals surface area contributed by atoms with Gasteiger partial charge in [0.15, 0.2) is 18.2 Å². The second-order valence-corrected chi connectivity index (χ2v) is 5.39. The van der Waals surface area contributed by atoms with Crippen molar-refractivity contribution < 1.29 is 27.8 Å². The van der Waals surface area contributed by atoms with Crippen molar-refractivity contribution in [3.8, 4) is 5.75 Å². The fourth-order valence-electron chi connectivity index (χ4n) is 1.95. The maximum Gasteiger partial charge on any atom is 0.310 e. The van der Waals surface area contributed by atoms with Crippen molar-refractivity contribution in [3.63, 3.8) is 0 Å². The predicted molar refractivity (Wildman–Crippen MR) is 87.7 cm³/mol. The van der Waals surface area contributed by atoms with Crippen LogP contribution in [-0.2, 0) is 20.7 Å². The first kappa shape index (κ1) is 18.7. The third-order valence-corrected chi connectivity index (χ3v) is 3.42. The minimum Gasteiger partial charge on any atom is -0.494 e. The molecule has 0 atom stereocenters. The van der Waals surface area contributed by atoms with Crippen LogP contribution >= 0.6 is 11.6 Å². The highest BCUT2D eigenvalue weighted by Crippen LogP contribution is 2.19. The standard InChI is InChI=1S/C17H14ClF2NO4/c1-24-15-5-2-10(6-14(15)20)7-17(23)25-9-16(22)21-11-3-4-13(19)12(18)8-11/h2-6,8H,7,9H2,1H3,(H,21,22). The molecular formula is C17H14ClF2NO4. The van der Waals surface area contributed by atoms with E-state index in [-0.39, 0.29) is 22.9 Å². The summed E-state index contributed by atoms with van der Waals surface area (Å²) in [6, 6.07) is 7.72. The van der Waals surface area contributed by atoms with Crippen LogP contribution in [0.4, 0.5) is 14.5 Å². The maximum atomic E-state index is 13.5. The topological polar surface area (TPSA) is 64.6 Å². The number of halogens is 3. The number of rotatable bonds is 6. The molecule has 0 aliphatic rings. The molecule has 1 amide bonds. The number of ether oxygens (including phenoxy) is 2. The zero-order valence-corrected chi connectivity index (χ0v) is 13.9. The van der Waals surface area contributed by atoms with Gasteiger partial charge in [0.05, 0.1) is 18.6 Å². The van der Waals surface area contributed by atoms with Crippen LogP contribution in [0.5, 0.6) is 5.75 Å². The lowest BCUT2D eigenvalue weighted by Gasteiger charge is -2.08. The van der Waals surface area contributed by atoms with Crippen LogP contribution in [0.15, 0.2) is 36.4 Å². The van der Waals surface area contributed by atoms with Crippen molar-refractivity contribution >= 4 is 29.2 Å². The number of carbonyl (C=O) groups is 2. The van der Waals surface area contributed by atoms with E-state index in [4.69, 9.17) is 21.1 Å². The molecule has 0 radical (unpaired) electrons. The van der Waals surface area contributed by atoms with Crippen LogP contribution in [0.25, 0.3) is 0 Å². The van der Waals surface area contributed by atoms with Crippen molar-refractivity contribution in [1.82, 2.24) is 0 Å². The average Bonchev–Trinajstić information content (AvgIpc) is 2.56. The smallest absolute Gasteiger partial charge is 0.310 e. The average molecular weight is 370 g/mol. The molecule has 2 rings (SSSR count). The molecule has 8 heteroatoms. The highest BCUT2D eigenvalue weighted by Gasteiger charge is 2.11. The normalized spacial score (nSPS) is 10.2. The van der Waals surface area contributed by atoms with Crippen LogP contribution in [0, 0.1) is 11.6 Å². The number of amides is 1. The van der Waals surface area contributed by atoms with E-state index in [0.717, 1.165) is 12.1 Å². The van der Waals surface area contributed by atoms with E-state index in [2.05, 4.69) is 5.32 Å². The Morgan fingerprint density at radius 2 is 1.88 bits per heavy atom. The summed E-state index contributed by atoms with van der Waals surface area (Å²) in [6.07, 6.45) is -0.198. The molecule has 0 bridgehead atoms. The highest BCUT2D eigenvalue weighted by atomic mass is 35.5. The number of benzene rings is 2. The van der Waals surface area contributed by atoms with E-state index >= 15 is 0 Å². The minimum atomic E-state index is -0.697. The van der Waals surface area contributed by atoms with Gasteiger partial charge in [0.1, 0.15) is 5.82 Å². The van der Waals surface area contributed by atoms with E-state index in [0.29, 0.717) is 5.56 Å². The Bertz CT molecular complexity index is 798. The Morgan fingerprint density at radius 1 is 1.12 bits per heavy atom. The third-order valence-electron chi connectivity index (χ3n) is 3.13. The number of nitrogens with one attached hydrogen (secondary N) is 1. The first-order chi connectivity index (χ1) is 11.9. The molecule has 25 heavy (non-hydrogen) atoms. The van der Waals surface area contributed by atoms with Crippen LogP contribution < -0.4 is 10.1 Å². The molecule has 0 aromatic heterocycles. The molecule has 0 aliphatic heterocycles. The summed E-state index contributed by atoms with van der Waals surface area (Å²) in [5.41, 5.74) is 0.652. The molecule has 0 aliphatic carbocycles. The lowest BCUT2D eigenvalue weighted by atomic mass is 10.1. The molecule has 1 N–H and O–H groups in total. The van der Waals surface area contributed by atoms with Gasteiger partial charge in [-0.05, 0) is 35.9 Å². The zero-order chi connectivity index (χ0) is 18.4. The van der Waals surface area contributed by atoms with Crippen molar-refractivity contribution in [2.75, 3.05) is 19.0 Å². The molecule has 0 spiro atoms. The number of hydrogen-bond donors (Lipinski definition) is 1. The molecule has 0 saturated carbocycles. The lowest BCUT2D eigenvalue weighted by molar-refractivity contribution is -0.146. The first-order valence-electron chi connectivity index (χ1n) is 7.12. The maximum absolute atomic E-state index is 13.5. The summed E-state index contributed by atoms with van der Waals surface area (Å²) in [5, 5.41) is 2.27. The molecular weight excluding hydrogens is 356 g/mol. The summed E-state index contributed by atoms with van der Waals surface area (Å²) in [7, 11) is 1.33. The second kappa shape index (κ2) is 8.43. The van der Waals surface area contributed by atoms with Gasteiger partial charge < -0.3 is 14.8 Å². The van der Waals surface area contributed by atoms with Gasteiger partial charge in [0.25, 0.3) is 5.91 Å². The second-order valence-electron chi connectivity index (χ2n) is 4.98. The molecule has 132 valence electrons. The van der Waals surface area contributed by atoms with Gasteiger partial charge in [-0.1, -0.05) is 17.7 Å². The van der Waals surface area contributed by atoms with Crippen molar-refractivity contribution in [2.24, 2.45) is 0 Å². The summed E-state index contributed by atoms with van der Waals surface area (Å²) < 4.78 is 36.2. The molecule has 2 aromatic rings. The largest absolute Gasteiger partial charge is 0.494 e. The Hall–Kier alpha value is -2.67. The molecule has 0 saturated heterocycles. The van der Waals surface area contributed by atoms with Crippen LogP contribution in [0.2, 0.25) is 5.02 Å². The third kappa shape index (κ3) is 5.42. The van der Waals surface area contributed by atoms with Crippen LogP contribution in [-0.4, -0.2) is 25.6 Å². The fraction of sp³-hybridized carbons (Fsp3) is 0.176. The van der Waals surface area contributed by atoms with E-state index in [9.17, 15) is 18.4 Å². The Balaban J connectivity index is 1.83. The Kier molecular flexibility index (Phi) is 6.30. The van der Waals surface area contributed by atoms with Crippen molar-refractivity contribution in [1.29, 1.82) is 0 Å². The van der Waals surface area contributed by atoms with E-state index in [1.807, 2.05) is 0 Å². The van der Waals surface area contributed by atoms with Gasteiger partial charge in [0.2, 0.25) is 0 Å². The summed E-state index contributed by atoms with van der Waals surface area (Å²) >= 11 is 5.60. The number of methoxy groups -OCH3 is 1. The number of anilines is 1. The summed E-state index contributed by atoms with van der Waals surface area (Å²) in [4.78, 5) is 23.4. The summed E-state index contributed by atoms with van der Waals surface area (Å²) in [5.74, 6) is -2.46. The lowest BCUT2D eigenvalue weighted by Crippen LogP contribution is -2.21. The Morgan fingerprint density at radius 3 is 2.52 bits per heavy atom. The van der Waals surface area contributed by atoms with E-state index in [1.165, 1.54) is 31.4 Å². The summed E-state index contributed by atoms with van der Waals surface area (Å²) in [6.45, 7) is -0.535. The zero-order valence-electron chi connectivity index (χ0n) is 13.1. The molecule has 0 unspecified atom stereocenters. The van der Waals surface area contributed by atoms with Gasteiger partial charge in [-0.15, -0.1) is 0 Å². The van der Waals surface area contributed by atoms with Gasteiger partial charge in [-0.2, -0.15) is 0 Å². The first-order valence-corrected chi connectivity index (χ1v) is 7.50. The van der Waals surface area contributed by atoms with E-state index < -0.39 is 30.1 Å². The number of carbonyl (C=O) groups excluding carboxylic acids is 2. The SMILES string of the molecule is COc1ccc(CC(=O)OCC(=O)Nc2ccc(F)c(Cl)c2)cc1F. The fourth-order valence-corrected chi connectivity index (χ4v) is 2.14. The molecule has 0 heterocycles. The molecule has 2 aromatic carbocycles. The predicted octanol–water partition coefficient (Wildman–Crippen LogP) is 3.35. The molecule has 5 nitrogen and oxygen atoms in total. The number of hydrogen-bond acceptors (Lipinski definition) is 4. The van der Waals surface area contributed by atoms with Gasteiger partial charge in [0, 0.05) is 5.69 Å². The van der Waals surface area contributed by atoms with Crippen molar-refractivity contribution in [3.05, 3.63) is 58.6 Å².